The van der Waals surface area contributed by atoms with Gasteiger partial charge in [0.2, 0.25) is 10.0 Å². The van der Waals surface area contributed by atoms with Crippen LogP contribution in [0.5, 0.6) is 0 Å². The Morgan fingerprint density at radius 1 is 1.35 bits per heavy atom. The zero-order chi connectivity index (χ0) is 12.9. The highest BCUT2D eigenvalue weighted by atomic mass is 35.5. The number of aryl methyl sites for hydroxylation is 1. The molecule has 0 radical (unpaired) electrons. The Labute approximate surface area is 106 Å². The normalized spacial score (nSPS) is 11.5. The van der Waals surface area contributed by atoms with Crippen LogP contribution in [-0.4, -0.2) is 20.1 Å². The van der Waals surface area contributed by atoms with Gasteiger partial charge in [-0.2, -0.15) is 0 Å². The summed E-state index contributed by atoms with van der Waals surface area (Å²) in [5.74, 6) is -0.196. The van der Waals surface area contributed by atoms with Gasteiger partial charge in [-0.25, -0.2) is 12.8 Å². The number of halogens is 2. The van der Waals surface area contributed by atoms with E-state index >= 15 is 0 Å². The first-order valence-electron chi connectivity index (χ1n) is 5.27. The summed E-state index contributed by atoms with van der Waals surface area (Å²) in [6.07, 6.45) is 1.09. The van der Waals surface area contributed by atoms with Gasteiger partial charge in [0.25, 0.3) is 0 Å². The number of sulfonamides is 1. The van der Waals surface area contributed by atoms with E-state index in [1.807, 2.05) is 0 Å². The Hall–Kier alpha value is -0.810. The largest absolute Gasteiger partial charge is 0.281 e. The molecular formula is C11H15ClFNO2S. The van der Waals surface area contributed by atoms with Crippen LogP contribution in [0.2, 0.25) is 0 Å². The van der Waals surface area contributed by atoms with Crippen molar-refractivity contribution in [3.8, 4) is 0 Å². The number of nitrogens with one attached hydrogen (secondary N) is 1. The van der Waals surface area contributed by atoms with Crippen LogP contribution in [-0.2, 0) is 10.0 Å². The van der Waals surface area contributed by atoms with Crippen molar-refractivity contribution < 1.29 is 12.8 Å². The minimum atomic E-state index is -3.49. The molecule has 1 rings (SSSR count). The van der Waals surface area contributed by atoms with Gasteiger partial charge in [0, 0.05) is 5.88 Å². The monoisotopic (exact) mass is 279 g/mol. The van der Waals surface area contributed by atoms with Crippen molar-refractivity contribution in [1.82, 2.24) is 0 Å². The fourth-order valence-electron chi connectivity index (χ4n) is 1.32. The lowest BCUT2D eigenvalue weighted by atomic mass is 10.2. The van der Waals surface area contributed by atoms with E-state index in [4.69, 9.17) is 11.6 Å². The third kappa shape index (κ3) is 4.91. The summed E-state index contributed by atoms with van der Waals surface area (Å²) >= 11 is 5.46. The highest BCUT2D eigenvalue weighted by Crippen LogP contribution is 2.17. The number of benzene rings is 1. The Bertz CT molecular complexity index is 476. The fraction of sp³-hybridized carbons (Fsp3) is 0.455. The van der Waals surface area contributed by atoms with E-state index in [1.54, 1.807) is 13.0 Å². The van der Waals surface area contributed by atoms with Gasteiger partial charge in [-0.3, -0.25) is 4.72 Å². The molecule has 0 amide bonds. The molecule has 0 unspecified atom stereocenters. The van der Waals surface area contributed by atoms with Crippen LogP contribution in [0.25, 0.3) is 0 Å². The van der Waals surface area contributed by atoms with Crippen molar-refractivity contribution in [2.45, 2.75) is 19.8 Å². The van der Waals surface area contributed by atoms with Gasteiger partial charge >= 0.3 is 0 Å². The molecule has 0 aliphatic heterocycles. The molecule has 0 fully saturated rings. The smallest absolute Gasteiger partial charge is 0.232 e. The SMILES string of the molecule is Cc1ccc(F)c(NS(=O)(=O)CCCCCl)c1. The third-order valence-corrected chi connectivity index (χ3v) is 3.81. The molecule has 0 aliphatic carbocycles. The first kappa shape index (κ1) is 14.3. The molecule has 0 heterocycles. The lowest BCUT2D eigenvalue weighted by Gasteiger charge is -2.09. The van der Waals surface area contributed by atoms with Gasteiger partial charge in [0.1, 0.15) is 5.82 Å². The van der Waals surface area contributed by atoms with Crippen molar-refractivity contribution in [3.05, 3.63) is 29.6 Å². The summed E-state index contributed by atoms with van der Waals surface area (Å²) in [6, 6.07) is 4.29. The molecular weight excluding hydrogens is 265 g/mol. The molecule has 0 aromatic heterocycles. The van der Waals surface area contributed by atoms with Crippen molar-refractivity contribution in [3.63, 3.8) is 0 Å². The summed E-state index contributed by atoms with van der Waals surface area (Å²) in [5, 5.41) is 0. The predicted octanol–water partition coefficient (Wildman–Crippen LogP) is 2.89. The highest BCUT2D eigenvalue weighted by molar-refractivity contribution is 7.92. The quantitative estimate of drug-likeness (QED) is 0.643. The van der Waals surface area contributed by atoms with Gasteiger partial charge < -0.3 is 0 Å². The molecule has 0 aliphatic rings. The van der Waals surface area contributed by atoms with Crippen LogP contribution in [0.4, 0.5) is 10.1 Å². The molecule has 17 heavy (non-hydrogen) atoms. The van der Waals surface area contributed by atoms with Crippen LogP contribution in [0, 0.1) is 12.7 Å². The Kier molecular flexibility index (Phi) is 5.21. The van der Waals surface area contributed by atoms with Gasteiger partial charge in [-0.05, 0) is 37.5 Å². The average molecular weight is 280 g/mol. The Morgan fingerprint density at radius 3 is 2.71 bits per heavy atom. The maximum atomic E-state index is 13.3. The summed E-state index contributed by atoms with van der Waals surface area (Å²) in [7, 11) is -3.49. The minimum absolute atomic E-state index is 0.00382. The number of rotatable bonds is 6. The first-order valence-corrected chi connectivity index (χ1v) is 7.46. The zero-order valence-electron chi connectivity index (χ0n) is 9.54. The zero-order valence-corrected chi connectivity index (χ0v) is 11.1. The van der Waals surface area contributed by atoms with Crippen molar-refractivity contribution in [2.75, 3.05) is 16.4 Å². The minimum Gasteiger partial charge on any atom is -0.281 e. The Morgan fingerprint density at radius 2 is 2.06 bits per heavy atom. The number of unbranched alkanes of at least 4 members (excludes halogenated alkanes) is 1. The molecule has 6 heteroatoms. The van der Waals surface area contributed by atoms with E-state index in [0.29, 0.717) is 18.7 Å². The van der Waals surface area contributed by atoms with Crippen LogP contribution in [0.3, 0.4) is 0 Å². The molecule has 1 aromatic carbocycles. The molecule has 96 valence electrons. The van der Waals surface area contributed by atoms with E-state index < -0.39 is 15.8 Å². The molecule has 1 N–H and O–H groups in total. The summed E-state index contributed by atoms with van der Waals surface area (Å²) in [5.41, 5.74) is 0.792. The molecule has 0 saturated heterocycles. The van der Waals surface area contributed by atoms with Crippen molar-refractivity contribution >= 4 is 27.3 Å². The van der Waals surface area contributed by atoms with E-state index in [1.165, 1.54) is 12.1 Å². The third-order valence-electron chi connectivity index (χ3n) is 2.18. The lowest BCUT2D eigenvalue weighted by Crippen LogP contribution is -2.17. The summed E-state index contributed by atoms with van der Waals surface area (Å²) in [6.45, 7) is 1.77. The molecule has 0 saturated carbocycles. The predicted molar refractivity (Wildman–Crippen MR) is 68.5 cm³/mol. The van der Waals surface area contributed by atoms with E-state index in [0.717, 1.165) is 5.56 Å². The Balaban J connectivity index is 2.72. The van der Waals surface area contributed by atoms with Gasteiger partial charge in [0.05, 0.1) is 11.4 Å². The van der Waals surface area contributed by atoms with E-state index in [2.05, 4.69) is 4.72 Å². The topological polar surface area (TPSA) is 46.2 Å². The van der Waals surface area contributed by atoms with Gasteiger partial charge in [-0.15, -0.1) is 11.6 Å². The van der Waals surface area contributed by atoms with Gasteiger partial charge in [0.15, 0.2) is 0 Å². The lowest BCUT2D eigenvalue weighted by molar-refractivity contribution is 0.595. The molecule has 3 nitrogen and oxygen atoms in total. The highest BCUT2D eigenvalue weighted by Gasteiger charge is 2.12. The fourth-order valence-corrected chi connectivity index (χ4v) is 2.69. The maximum Gasteiger partial charge on any atom is 0.232 e. The van der Waals surface area contributed by atoms with E-state index in [-0.39, 0.29) is 11.4 Å². The standard InChI is InChI=1S/C11H15ClFNO2S/c1-9-4-5-10(13)11(8-9)14-17(15,16)7-3-2-6-12/h4-5,8,14H,2-3,6-7H2,1H3. The number of hydrogen-bond acceptors (Lipinski definition) is 2. The molecule has 0 atom stereocenters. The van der Waals surface area contributed by atoms with Crippen LogP contribution in [0.15, 0.2) is 18.2 Å². The average Bonchev–Trinajstić information content (AvgIpc) is 2.23. The maximum absolute atomic E-state index is 13.3. The second kappa shape index (κ2) is 6.21. The number of hydrogen-bond donors (Lipinski definition) is 1. The number of alkyl halides is 1. The molecule has 0 spiro atoms. The summed E-state index contributed by atoms with van der Waals surface area (Å²) < 4.78 is 38.8. The number of anilines is 1. The van der Waals surface area contributed by atoms with Crippen molar-refractivity contribution in [1.29, 1.82) is 0 Å². The van der Waals surface area contributed by atoms with Crippen LogP contribution in [0.1, 0.15) is 18.4 Å². The molecule has 1 aromatic rings. The van der Waals surface area contributed by atoms with Crippen LogP contribution < -0.4 is 4.72 Å². The summed E-state index contributed by atoms with van der Waals surface area (Å²) in [4.78, 5) is 0. The van der Waals surface area contributed by atoms with Crippen LogP contribution >= 0.6 is 11.6 Å². The first-order chi connectivity index (χ1) is 7.94. The van der Waals surface area contributed by atoms with Gasteiger partial charge in [-0.1, -0.05) is 6.07 Å². The second-order valence-corrected chi connectivity index (χ2v) is 6.02. The van der Waals surface area contributed by atoms with Crippen molar-refractivity contribution in [2.24, 2.45) is 0 Å². The van der Waals surface area contributed by atoms with E-state index in [9.17, 15) is 12.8 Å². The molecule has 0 bridgehead atoms. The second-order valence-electron chi connectivity index (χ2n) is 3.80.